The van der Waals surface area contributed by atoms with E-state index in [1.54, 1.807) is 18.2 Å². The molecule has 0 atom stereocenters. The monoisotopic (exact) mass is 405 g/mol. The lowest BCUT2D eigenvalue weighted by atomic mass is 9.92. The van der Waals surface area contributed by atoms with E-state index in [0.29, 0.717) is 23.2 Å². The van der Waals surface area contributed by atoms with E-state index in [2.05, 4.69) is 15.0 Å². The van der Waals surface area contributed by atoms with Crippen molar-refractivity contribution < 1.29 is 17.7 Å². The summed E-state index contributed by atoms with van der Waals surface area (Å²) in [6.07, 6.45) is 7.29. The summed E-state index contributed by atoms with van der Waals surface area (Å²) in [5.41, 5.74) is -0.228. The Labute approximate surface area is 168 Å². The molecule has 2 aromatic rings. The Morgan fingerprint density at radius 2 is 1.83 bits per heavy atom. The van der Waals surface area contributed by atoms with Crippen molar-refractivity contribution in [3.63, 3.8) is 0 Å². The quantitative estimate of drug-likeness (QED) is 0.663. The zero-order valence-electron chi connectivity index (χ0n) is 16.4. The molecule has 1 aromatic carbocycles. The van der Waals surface area contributed by atoms with Crippen LogP contribution in [0.15, 0.2) is 28.8 Å². The molecule has 4 rings (SSSR count). The smallest absolute Gasteiger partial charge is 0.335 e. The number of alkyl halides is 3. The van der Waals surface area contributed by atoms with Gasteiger partial charge in [0, 0.05) is 18.5 Å². The third-order valence-corrected chi connectivity index (χ3v) is 6.08. The zero-order chi connectivity index (χ0) is 20.3. The summed E-state index contributed by atoms with van der Waals surface area (Å²) in [6.45, 7) is 2.30. The lowest BCUT2D eigenvalue weighted by molar-refractivity contribution is -0.137. The summed E-state index contributed by atoms with van der Waals surface area (Å²) < 4.78 is 43.7. The van der Waals surface area contributed by atoms with Crippen LogP contribution in [-0.2, 0) is 12.6 Å². The number of hydrogen-bond acceptors (Lipinski definition) is 4. The number of piperidine rings is 1. The van der Waals surface area contributed by atoms with Crippen LogP contribution >= 0.6 is 0 Å². The second kappa shape index (κ2) is 8.69. The van der Waals surface area contributed by atoms with Crippen LogP contribution in [0.5, 0.6) is 0 Å². The van der Waals surface area contributed by atoms with Crippen LogP contribution in [0.25, 0.3) is 12.2 Å². The van der Waals surface area contributed by atoms with Gasteiger partial charge in [0.25, 0.3) is 5.89 Å². The van der Waals surface area contributed by atoms with Crippen molar-refractivity contribution in [3.8, 4) is 0 Å². The number of halogens is 3. The van der Waals surface area contributed by atoms with Gasteiger partial charge in [-0.1, -0.05) is 30.1 Å². The third kappa shape index (κ3) is 5.26. The second-order valence-corrected chi connectivity index (χ2v) is 8.13. The molecule has 1 saturated carbocycles. The molecule has 1 aromatic heterocycles. The molecule has 4 nitrogen and oxygen atoms in total. The average Bonchev–Trinajstić information content (AvgIpc) is 3.39. The molecule has 156 valence electrons. The predicted octanol–water partition coefficient (Wildman–Crippen LogP) is 5.46. The molecule has 1 saturated heterocycles. The molecule has 1 aliphatic carbocycles. The maximum Gasteiger partial charge on any atom is 0.416 e. The van der Waals surface area contributed by atoms with E-state index >= 15 is 0 Å². The molecule has 2 fully saturated rings. The van der Waals surface area contributed by atoms with Gasteiger partial charge in [0.05, 0.1) is 5.56 Å². The maximum absolute atomic E-state index is 12.8. The van der Waals surface area contributed by atoms with E-state index in [1.165, 1.54) is 31.7 Å². The largest absolute Gasteiger partial charge is 0.416 e. The summed E-state index contributed by atoms with van der Waals surface area (Å²) >= 11 is 0. The first kappa shape index (κ1) is 20.1. The highest BCUT2D eigenvalue weighted by Crippen LogP contribution is 2.30. The van der Waals surface area contributed by atoms with E-state index in [-0.39, 0.29) is 0 Å². The first-order valence-electron chi connectivity index (χ1n) is 10.4. The van der Waals surface area contributed by atoms with E-state index in [1.807, 2.05) is 0 Å². The Bertz CT molecular complexity index is 832. The van der Waals surface area contributed by atoms with Crippen LogP contribution in [-0.4, -0.2) is 34.2 Å². The highest BCUT2D eigenvalue weighted by molar-refractivity contribution is 5.66. The van der Waals surface area contributed by atoms with Crippen molar-refractivity contribution in [1.29, 1.82) is 0 Å². The highest BCUT2D eigenvalue weighted by atomic mass is 19.4. The van der Waals surface area contributed by atoms with Gasteiger partial charge in [0.2, 0.25) is 0 Å². The SMILES string of the molecule is FC(F)(F)c1cccc(C=Cc2nc(CC3CCN(C4CCCC4)CC3)no2)c1. The minimum atomic E-state index is -4.35. The normalized spacial score (nSPS) is 20.1. The third-order valence-electron chi connectivity index (χ3n) is 6.08. The lowest BCUT2D eigenvalue weighted by Gasteiger charge is -2.35. The van der Waals surface area contributed by atoms with Crippen molar-refractivity contribution >= 4 is 12.2 Å². The van der Waals surface area contributed by atoms with Crippen LogP contribution in [0.3, 0.4) is 0 Å². The van der Waals surface area contributed by atoms with E-state index in [4.69, 9.17) is 4.52 Å². The van der Waals surface area contributed by atoms with Crippen LogP contribution < -0.4 is 0 Å². The Balaban J connectivity index is 1.30. The van der Waals surface area contributed by atoms with Crippen LogP contribution in [0, 0.1) is 5.92 Å². The van der Waals surface area contributed by atoms with Crippen LogP contribution in [0.2, 0.25) is 0 Å². The summed E-state index contributed by atoms with van der Waals surface area (Å²) in [4.78, 5) is 7.03. The standard InChI is InChI=1S/C22H26F3N3O/c23-22(24,25)18-5-3-4-16(14-18)8-9-21-26-20(27-29-21)15-17-10-12-28(13-11-17)19-6-1-2-7-19/h3-5,8-9,14,17,19H,1-2,6-7,10-13,15H2. The minimum absolute atomic E-state index is 0.320. The first-order chi connectivity index (χ1) is 14.0. The molecule has 0 N–H and O–H groups in total. The molecule has 0 unspecified atom stereocenters. The summed E-state index contributed by atoms with van der Waals surface area (Å²) in [5.74, 6) is 1.55. The second-order valence-electron chi connectivity index (χ2n) is 8.13. The molecule has 0 radical (unpaired) electrons. The highest BCUT2D eigenvalue weighted by Gasteiger charge is 2.30. The lowest BCUT2D eigenvalue weighted by Crippen LogP contribution is -2.40. The molecule has 29 heavy (non-hydrogen) atoms. The number of rotatable bonds is 5. The van der Waals surface area contributed by atoms with Crippen molar-refractivity contribution in [2.75, 3.05) is 13.1 Å². The fourth-order valence-electron chi connectivity index (χ4n) is 4.45. The van der Waals surface area contributed by atoms with Gasteiger partial charge in [-0.3, -0.25) is 0 Å². The Kier molecular flexibility index (Phi) is 6.04. The van der Waals surface area contributed by atoms with Crippen molar-refractivity contribution in [3.05, 3.63) is 47.1 Å². The van der Waals surface area contributed by atoms with Crippen LogP contribution in [0.1, 0.15) is 61.4 Å². The van der Waals surface area contributed by atoms with Gasteiger partial charge in [0.15, 0.2) is 5.82 Å². The molecule has 1 aliphatic heterocycles. The average molecular weight is 405 g/mol. The molecule has 2 aliphatic rings. The van der Waals surface area contributed by atoms with Crippen molar-refractivity contribution in [2.24, 2.45) is 5.92 Å². The number of likely N-dealkylation sites (tertiary alicyclic amines) is 1. The van der Waals surface area contributed by atoms with Crippen molar-refractivity contribution in [2.45, 2.75) is 57.2 Å². The van der Waals surface area contributed by atoms with Gasteiger partial charge in [0.1, 0.15) is 0 Å². The fraction of sp³-hybridized carbons (Fsp3) is 0.545. The Morgan fingerprint density at radius 3 is 2.55 bits per heavy atom. The van der Waals surface area contributed by atoms with Crippen LogP contribution in [0.4, 0.5) is 13.2 Å². The minimum Gasteiger partial charge on any atom is -0.335 e. The Morgan fingerprint density at radius 1 is 1.07 bits per heavy atom. The molecule has 0 amide bonds. The molecule has 7 heteroatoms. The van der Waals surface area contributed by atoms with Crippen molar-refractivity contribution in [1.82, 2.24) is 15.0 Å². The van der Waals surface area contributed by atoms with Gasteiger partial charge in [-0.2, -0.15) is 18.2 Å². The topological polar surface area (TPSA) is 42.2 Å². The van der Waals surface area contributed by atoms with Gasteiger partial charge < -0.3 is 9.42 Å². The first-order valence-corrected chi connectivity index (χ1v) is 10.4. The molecular weight excluding hydrogens is 379 g/mol. The van der Waals surface area contributed by atoms with Gasteiger partial charge >= 0.3 is 6.18 Å². The predicted molar refractivity (Wildman–Crippen MR) is 105 cm³/mol. The maximum atomic E-state index is 12.8. The van der Waals surface area contributed by atoms with Gasteiger partial charge in [-0.05, 0) is 68.5 Å². The molecule has 0 spiro atoms. The molecule has 0 bridgehead atoms. The number of nitrogens with zero attached hydrogens (tertiary/aromatic N) is 3. The Hall–Kier alpha value is -2.15. The summed E-state index contributed by atoms with van der Waals surface area (Å²) in [5, 5.41) is 4.04. The van der Waals surface area contributed by atoms with E-state index in [9.17, 15) is 13.2 Å². The number of hydrogen-bond donors (Lipinski definition) is 0. The van der Waals surface area contributed by atoms with E-state index in [0.717, 1.165) is 50.5 Å². The molecular formula is C22H26F3N3O. The summed E-state index contributed by atoms with van der Waals surface area (Å²) in [7, 11) is 0. The van der Waals surface area contributed by atoms with Gasteiger partial charge in [-0.15, -0.1) is 0 Å². The molecule has 2 heterocycles. The number of aromatic nitrogens is 2. The fourth-order valence-corrected chi connectivity index (χ4v) is 4.45. The van der Waals surface area contributed by atoms with Gasteiger partial charge in [-0.25, -0.2) is 0 Å². The van der Waals surface area contributed by atoms with E-state index < -0.39 is 11.7 Å². The zero-order valence-corrected chi connectivity index (χ0v) is 16.4. The summed E-state index contributed by atoms with van der Waals surface area (Å²) in [6, 6.07) is 5.95. The number of benzene rings is 1.